The average molecular weight is 391 g/mol. The van der Waals surface area contributed by atoms with Gasteiger partial charge in [0.25, 0.3) is 5.91 Å². The molecule has 25 heavy (non-hydrogen) atoms. The van der Waals surface area contributed by atoms with Crippen LogP contribution in [0.1, 0.15) is 43.5 Å². The van der Waals surface area contributed by atoms with Crippen molar-refractivity contribution in [2.24, 2.45) is 5.92 Å². The molecule has 0 aliphatic carbocycles. The summed E-state index contributed by atoms with van der Waals surface area (Å²) in [6.07, 6.45) is 3.17. The van der Waals surface area contributed by atoms with E-state index in [0.717, 1.165) is 32.4 Å². The molecule has 1 saturated heterocycles. The maximum absolute atomic E-state index is 12.4. The average Bonchev–Trinajstić information content (AvgIpc) is 2.60. The monoisotopic (exact) mass is 390 g/mol. The van der Waals surface area contributed by atoms with E-state index < -0.39 is 0 Å². The van der Waals surface area contributed by atoms with Gasteiger partial charge < -0.3 is 20.1 Å². The van der Waals surface area contributed by atoms with Crippen molar-refractivity contribution in [2.75, 3.05) is 32.8 Å². The van der Waals surface area contributed by atoms with Gasteiger partial charge in [0.2, 0.25) is 0 Å². The smallest absolute Gasteiger partial charge is 0.251 e. The molecule has 1 aliphatic heterocycles. The van der Waals surface area contributed by atoms with Gasteiger partial charge in [-0.2, -0.15) is 0 Å². The van der Waals surface area contributed by atoms with E-state index in [4.69, 9.17) is 21.1 Å². The minimum Gasteiger partial charge on any atom is -0.490 e. The van der Waals surface area contributed by atoms with Gasteiger partial charge in [-0.05, 0) is 57.3 Å². The third-order valence-electron chi connectivity index (χ3n) is 3.97. The third-order valence-corrected chi connectivity index (χ3v) is 4.25. The van der Waals surface area contributed by atoms with Crippen LogP contribution in [0.4, 0.5) is 0 Å². The summed E-state index contributed by atoms with van der Waals surface area (Å²) < 4.78 is 11.3. The summed E-state index contributed by atoms with van der Waals surface area (Å²) in [6, 6.07) is 3.35. The van der Waals surface area contributed by atoms with Gasteiger partial charge in [-0.25, -0.2) is 0 Å². The number of benzene rings is 1. The van der Waals surface area contributed by atoms with Gasteiger partial charge in [0, 0.05) is 12.1 Å². The van der Waals surface area contributed by atoms with Crippen molar-refractivity contribution in [3.8, 4) is 11.5 Å². The number of hydrogen-bond donors (Lipinski definition) is 2. The number of carbonyl (C=O) groups is 1. The summed E-state index contributed by atoms with van der Waals surface area (Å²) in [5.74, 6) is 1.37. The first-order chi connectivity index (χ1) is 11.7. The van der Waals surface area contributed by atoms with Crippen molar-refractivity contribution >= 4 is 29.9 Å². The van der Waals surface area contributed by atoms with Crippen LogP contribution in [-0.4, -0.2) is 38.8 Å². The zero-order valence-corrected chi connectivity index (χ0v) is 16.5. The zero-order chi connectivity index (χ0) is 17.4. The number of nitrogens with one attached hydrogen (secondary N) is 2. The number of carbonyl (C=O) groups excluding carboxylic acids is 1. The molecule has 0 saturated carbocycles. The van der Waals surface area contributed by atoms with E-state index in [1.54, 1.807) is 12.1 Å². The fourth-order valence-electron chi connectivity index (χ4n) is 2.74. The molecule has 1 heterocycles. The molecule has 2 rings (SSSR count). The minimum atomic E-state index is -0.134. The van der Waals surface area contributed by atoms with E-state index >= 15 is 0 Å². The quantitative estimate of drug-likeness (QED) is 0.710. The summed E-state index contributed by atoms with van der Waals surface area (Å²) in [6.45, 7) is 7.64. The Kier molecular flexibility index (Phi) is 10.0. The molecule has 1 atom stereocenters. The van der Waals surface area contributed by atoms with Crippen molar-refractivity contribution in [1.82, 2.24) is 10.6 Å². The normalized spacial score (nSPS) is 16.7. The number of rotatable bonds is 8. The Morgan fingerprint density at radius 2 is 2.16 bits per heavy atom. The van der Waals surface area contributed by atoms with Crippen LogP contribution < -0.4 is 20.1 Å². The molecule has 0 radical (unpaired) electrons. The van der Waals surface area contributed by atoms with Crippen molar-refractivity contribution in [1.29, 1.82) is 0 Å². The molecular formula is C18H28Cl2N2O3. The Morgan fingerprint density at radius 1 is 1.36 bits per heavy atom. The number of hydrogen-bond acceptors (Lipinski definition) is 4. The van der Waals surface area contributed by atoms with E-state index in [1.807, 2.05) is 13.8 Å². The molecule has 7 heteroatoms. The van der Waals surface area contributed by atoms with Gasteiger partial charge in [0.05, 0.1) is 18.2 Å². The van der Waals surface area contributed by atoms with Crippen molar-refractivity contribution in [3.63, 3.8) is 0 Å². The fraction of sp³-hybridized carbons (Fsp3) is 0.611. The van der Waals surface area contributed by atoms with Crippen LogP contribution in [0, 0.1) is 5.92 Å². The van der Waals surface area contributed by atoms with Crippen LogP contribution >= 0.6 is 24.0 Å². The molecule has 1 unspecified atom stereocenters. The predicted molar refractivity (Wildman–Crippen MR) is 104 cm³/mol. The van der Waals surface area contributed by atoms with Crippen LogP contribution in [0.15, 0.2) is 12.1 Å². The first-order valence-corrected chi connectivity index (χ1v) is 9.11. The number of halogens is 2. The summed E-state index contributed by atoms with van der Waals surface area (Å²) in [4.78, 5) is 12.4. The van der Waals surface area contributed by atoms with Gasteiger partial charge >= 0.3 is 0 Å². The maximum Gasteiger partial charge on any atom is 0.251 e. The first kappa shape index (κ1) is 21.9. The largest absolute Gasteiger partial charge is 0.490 e. The summed E-state index contributed by atoms with van der Waals surface area (Å²) in [5, 5.41) is 6.75. The molecule has 1 aliphatic rings. The summed E-state index contributed by atoms with van der Waals surface area (Å²) in [5.41, 5.74) is 0.496. The molecule has 2 N–H and O–H groups in total. The highest BCUT2D eigenvalue weighted by molar-refractivity contribution is 6.32. The summed E-state index contributed by atoms with van der Waals surface area (Å²) in [7, 11) is 0. The van der Waals surface area contributed by atoms with Crippen molar-refractivity contribution in [2.45, 2.75) is 33.1 Å². The van der Waals surface area contributed by atoms with Crippen LogP contribution in [-0.2, 0) is 0 Å². The molecule has 142 valence electrons. The van der Waals surface area contributed by atoms with E-state index in [0.29, 0.717) is 47.8 Å². The number of amides is 1. The third kappa shape index (κ3) is 6.57. The molecule has 5 nitrogen and oxygen atoms in total. The topological polar surface area (TPSA) is 59.6 Å². The molecule has 0 aromatic heterocycles. The fourth-order valence-corrected chi connectivity index (χ4v) is 3.01. The maximum atomic E-state index is 12.4. The van der Waals surface area contributed by atoms with Crippen molar-refractivity contribution < 1.29 is 14.3 Å². The van der Waals surface area contributed by atoms with Crippen LogP contribution in [0.25, 0.3) is 0 Å². The molecule has 1 amide bonds. The van der Waals surface area contributed by atoms with Gasteiger partial charge in [0.15, 0.2) is 11.5 Å². The van der Waals surface area contributed by atoms with E-state index in [1.165, 1.54) is 0 Å². The number of ether oxygens (including phenoxy) is 2. The Labute approximate surface area is 161 Å². The lowest BCUT2D eigenvalue weighted by atomic mass is 9.99. The van der Waals surface area contributed by atoms with Gasteiger partial charge in [-0.15, -0.1) is 12.4 Å². The highest BCUT2D eigenvalue weighted by atomic mass is 35.5. The zero-order valence-electron chi connectivity index (χ0n) is 14.9. The SMILES string of the molecule is CCCOc1c(Cl)cc(C(=O)NCC2CCCNC2)cc1OCC.Cl. The molecule has 1 fully saturated rings. The van der Waals surface area contributed by atoms with Crippen molar-refractivity contribution in [3.05, 3.63) is 22.7 Å². The minimum absolute atomic E-state index is 0. The summed E-state index contributed by atoms with van der Waals surface area (Å²) >= 11 is 6.30. The molecular weight excluding hydrogens is 363 g/mol. The van der Waals surface area contributed by atoms with Gasteiger partial charge in [0.1, 0.15) is 0 Å². The lowest BCUT2D eigenvalue weighted by molar-refractivity contribution is 0.0944. The molecule has 0 bridgehead atoms. The van der Waals surface area contributed by atoms with Crippen LogP contribution in [0.5, 0.6) is 11.5 Å². The second-order valence-electron chi connectivity index (χ2n) is 5.99. The Balaban J connectivity index is 0.00000312. The van der Waals surface area contributed by atoms with Crippen LogP contribution in [0.2, 0.25) is 5.02 Å². The van der Waals surface area contributed by atoms with Gasteiger partial charge in [-0.3, -0.25) is 4.79 Å². The highest BCUT2D eigenvalue weighted by Gasteiger charge is 2.18. The van der Waals surface area contributed by atoms with Crippen LogP contribution in [0.3, 0.4) is 0 Å². The molecule has 1 aromatic rings. The Morgan fingerprint density at radius 3 is 2.80 bits per heavy atom. The predicted octanol–water partition coefficient (Wildman–Crippen LogP) is 3.68. The lowest BCUT2D eigenvalue weighted by Gasteiger charge is -2.23. The first-order valence-electron chi connectivity index (χ1n) is 8.73. The van der Waals surface area contributed by atoms with E-state index in [9.17, 15) is 4.79 Å². The Bertz CT molecular complexity index is 549. The van der Waals surface area contributed by atoms with E-state index in [-0.39, 0.29) is 18.3 Å². The lowest BCUT2D eigenvalue weighted by Crippen LogP contribution is -2.38. The number of piperidine rings is 1. The second-order valence-corrected chi connectivity index (χ2v) is 6.40. The second kappa shape index (κ2) is 11.4. The Hall–Kier alpha value is -1.17. The standard InChI is InChI=1S/C18H27ClN2O3.ClH/c1-3-8-24-17-15(19)9-14(10-16(17)23-4-2)18(22)21-12-13-6-5-7-20-11-13;/h9-10,13,20H,3-8,11-12H2,1-2H3,(H,21,22);1H. The van der Waals surface area contributed by atoms with E-state index in [2.05, 4.69) is 10.6 Å². The molecule has 1 aromatic carbocycles. The van der Waals surface area contributed by atoms with Gasteiger partial charge in [-0.1, -0.05) is 18.5 Å². The molecule has 0 spiro atoms. The highest BCUT2D eigenvalue weighted by Crippen LogP contribution is 2.36.